The quantitative estimate of drug-likeness (QED) is 0.419. The first-order chi connectivity index (χ1) is 9.65. The van der Waals surface area contributed by atoms with Crippen LogP contribution in [0.15, 0.2) is 48.0 Å². The molecule has 0 fully saturated rings. The summed E-state index contributed by atoms with van der Waals surface area (Å²) < 4.78 is 0.942. The van der Waals surface area contributed by atoms with Gasteiger partial charge in [0, 0.05) is 23.3 Å². The van der Waals surface area contributed by atoms with Crippen LogP contribution >= 0.6 is 11.3 Å². The largest absolute Gasteiger partial charge is 0.289 e. The predicted octanol–water partition coefficient (Wildman–Crippen LogP) is 3.44. The Morgan fingerprint density at radius 2 is 1.80 bits per heavy atom. The standard InChI is InChI=1S/C14H8N2O3S/c17-14(9-1-4-11(5-2-9)16(18)19)10-3-6-12-13(7-10)20-8-15-12/h1-8H. The third-order valence-corrected chi connectivity index (χ3v) is 3.73. The van der Waals surface area contributed by atoms with E-state index in [1.807, 2.05) is 0 Å². The van der Waals surface area contributed by atoms with E-state index < -0.39 is 4.92 Å². The number of carbonyl (C=O) groups is 1. The van der Waals surface area contributed by atoms with Crippen molar-refractivity contribution in [2.24, 2.45) is 0 Å². The Morgan fingerprint density at radius 3 is 2.50 bits per heavy atom. The van der Waals surface area contributed by atoms with Crippen LogP contribution in [0.2, 0.25) is 0 Å². The molecule has 0 N–H and O–H groups in total. The second-order valence-corrected chi connectivity index (χ2v) is 5.05. The molecule has 0 spiro atoms. The van der Waals surface area contributed by atoms with Crippen LogP contribution < -0.4 is 0 Å². The summed E-state index contributed by atoms with van der Waals surface area (Å²) in [6.07, 6.45) is 0. The molecule has 0 aliphatic carbocycles. The molecular formula is C14H8N2O3S. The van der Waals surface area contributed by atoms with E-state index in [0.717, 1.165) is 10.2 Å². The van der Waals surface area contributed by atoms with E-state index in [9.17, 15) is 14.9 Å². The third-order valence-electron chi connectivity index (χ3n) is 2.93. The molecule has 6 heteroatoms. The molecule has 98 valence electrons. The van der Waals surface area contributed by atoms with E-state index >= 15 is 0 Å². The Kier molecular flexibility index (Phi) is 3.00. The fourth-order valence-electron chi connectivity index (χ4n) is 1.90. The molecule has 3 rings (SSSR count). The lowest BCUT2D eigenvalue weighted by Gasteiger charge is -2.01. The van der Waals surface area contributed by atoms with Crippen molar-refractivity contribution in [1.29, 1.82) is 0 Å². The minimum atomic E-state index is -0.488. The van der Waals surface area contributed by atoms with Crippen LogP contribution in [-0.2, 0) is 0 Å². The van der Waals surface area contributed by atoms with Crippen LogP contribution in [0.25, 0.3) is 10.2 Å². The molecular weight excluding hydrogens is 276 g/mol. The highest BCUT2D eigenvalue weighted by molar-refractivity contribution is 7.16. The fraction of sp³-hybridized carbons (Fsp3) is 0. The molecule has 3 aromatic rings. The highest BCUT2D eigenvalue weighted by atomic mass is 32.1. The van der Waals surface area contributed by atoms with Gasteiger partial charge in [0.2, 0.25) is 0 Å². The Hall–Kier alpha value is -2.60. The van der Waals surface area contributed by atoms with E-state index in [-0.39, 0.29) is 11.5 Å². The molecule has 5 nitrogen and oxygen atoms in total. The average Bonchev–Trinajstić information content (AvgIpc) is 2.94. The maximum atomic E-state index is 12.3. The molecule has 0 aliphatic heterocycles. The summed E-state index contributed by atoms with van der Waals surface area (Å²) in [4.78, 5) is 26.6. The van der Waals surface area contributed by atoms with Gasteiger partial charge in [-0.2, -0.15) is 0 Å². The lowest BCUT2D eigenvalue weighted by molar-refractivity contribution is -0.384. The second kappa shape index (κ2) is 4.82. The van der Waals surface area contributed by atoms with Crippen LogP contribution in [0, 0.1) is 10.1 Å². The van der Waals surface area contributed by atoms with Crippen molar-refractivity contribution >= 4 is 33.0 Å². The summed E-state index contributed by atoms with van der Waals surface area (Å²) in [6.45, 7) is 0. The number of nitrogens with zero attached hydrogens (tertiary/aromatic N) is 2. The summed E-state index contributed by atoms with van der Waals surface area (Å²) in [7, 11) is 0. The average molecular weight is 284 g/mol. The van der Waals surface area contributed by atoms with Crippen molar-refractivity contribution in [2.75, 3.05) is 0 Å². The summed E-state index contributed by atoms with van der Waals surface area (Å²) in [5, 5.41) is 10.6. The number of carbonyl (C=O) groups excluding carboxylic acids is 1. The minimum absolute atomic E-state index is 0.0283. The zero-order valence-electron chi connectivity index (χ0n) is 10.1. The number of fused-ring (bicyclic) bond motifs is 1. The Bertz CT molecular complexity index is 809. The van der Waals surface area contributed by atoms with Crippen molar-refractivity contribution < 1.29 is 9.72 Å². The smallest absolute Gasteiger partial charge is 0.269 e. The van der Waals surface area contributed by atoms with Gasteiger partial charge in [0.05, 0.1) is 20.7 Å². The first-order valence-electron chi connectivity index (χ1n) is 5.77. The molecule has 0 bridgehead atoms. The summed E-state index contributed by atoms with van der Waals surface area (Å²) in [5.74, 6) is -0.157. The van der Waals surface area contributed by atoms with Crippen molar-refractivity contribution in [2.45, 2.75) is 0 Å². The van der Waals surface area contributed by atoms with Gasteiger partial charge in [0.1, 0.15) is 0 Å². The SMILES string of the molecule is O=C(c1ccc([N+](=O)[O-])cc1)c1ccc2ncsc2c1. The van der Waals surface area contributed by atoms with Crippen LogP contribution in [0.4, 0.5) is 5.69 Å². The van der Waals surface area contributed by atoms with E-state index in [4.69, 9.17) is 0 Å². The molecule has 20 heavy (non-hydrogen) atoms. The highest BCUT2D eigenvalue weighted by Gasteiger charge is 2.12. The number of ketones is 1. The van der Waals surface area contributed by atoms with Gasteiger partial charge < -0.3 is 0 Å². The molecule has 0 unspecified atom stereocenters. The van der Waals surface area contributed by atoms with Crippen molar-refractivity contribution in [3.63, 3.8) is 0 Å². The van der Waals surface area contributed by atoms with E-state index in [1.54, 1.807) is 23.7 Å². The number of rotatable bonds is 3. The zero-order valence-corrected chi connectivity index (χ0v) is 11.0. The van der Waals surface area contributed by atoms with Crippen LogP contribution in [0.5, 0.6) is 0 Å². The summed E-state index contributed by atoms with van der Waals surface area (Å²) in [5.41, 5.74) is 3.54. The van der Waals surface area contributed by atoms with E-state index in [0.29, 0.717) is 11.1 Å². The molecule has 2 aromatic carbocycles. The maximum Gasteiger partial charge on any atom is 0.269 e. The van der Waals surface area contributed by atoms with Gasteiger partial charge >= 0.3 is 0 Å². The monoisotopic (exact) mass is 284 g/mol. The second-order valence-electron chi connectivity index (χ2n) is 4.17. The number of thiazole rings is 1. The predicted molar refractivity (Wildman–Crippen MR) is 76.1 cm³/mol. The first-order valence-corrected chi connectivity index (χ1v) is 6.65. The number of nitro benzene ring substituents is 1. The number of hydrogen-bond acceptors (Lipinski definition) is 5. The number of benzene rings is 2. The van der Waals surface area contributed by atoms with Gasteiger partial charge in [0.15, 0.2) is 5.78 Å². The highest BCUT2D eigenvalue weighted by Crippen LogP contribution is 2.21. The first kappa shape index (κ1) is 12.4. The van der Waals surface area contributed by atoms with E-state index in [2.05, 4.69) is 4.98 Å². The number of non-ortho nitro benzene ring substituents is 1. The molecule has 0 atom stereocenters. The lowest BCUT2D eigenvalue weighted by Crippen LogP contribution is -2.01. The van der Waals surface area contributed by atoms with Crippen molar-refractivity contribution in [3.05, 3.63) is 69.2 Å². The van der Waals surface area contributed by atoms with Gasteiger partial charge in [-0.25, -0.2) is 4.98 Å². The summed E-state index contributed by atoms with van der Waals surface area (Å²) >= 11 is 1.47. The van der Waals surface area contributed by atoms with Gasteiger partial charge in [-0.05, 0) is 30.3 Å². The number of aromatic nitrogens is 1. The van der Waals surface area contributed by atoms with E-state index in [1.165, 1.54) is 35.6 Å². The molecule has 0 saturated carbocycles. The normalized spacial score (nSPS) is 10.6. The van der Waals surface area contributed by atoms with Gasteiger partial charge in [-0.15, -0.1) is 11.3 Å². The molecule has 1 aromatic heterocycles. The van der Waals surface area contributed by atoms with Crippen LogP contribution in [0.3, 0.4) is 0 Å². The maximum absolute atomic E-state index is 12.3. The molecule has 0 aliphatic rings. The van der Waals surface area contributed by atoms with Gasteiger partial charge in [-0.3, -0.25) is 14.9 Å². The summed E-state index contributed by atoms with van der Waals surface area (Å²) in [6, 6.07) is 10.9. The van der Waals surface area contributed by atoms with Gasteiger partial charge in [-0.1, -0.05) is 0 Å². The molecule has 0 amide bonds. The Morgan fingerprint density at radius 1 is 1.10 bits per heavy atom. The van der Waals surface area contributed by atoms with Crippen molar-refractivity contribution in [3.8, 4) is 0 Å². The van der Waals surface area contributed by atoms with Crippen LogP contribution in [0.1, 0.15) is 15.9 Å². The molecule has 1 heterocycles. The fourth-order valence-corrected chi connectivity index (χ4v) is 2.61. The topological polar surface area (TPSA) is 73.1 Å². The number of hydrogen-bond donors (Lipinski definition) is 0. The Balaban J connectivity index is 1.96. The third kappa shape index (κ3) is 2.17. The molecule has 0 radical (unpaired) electrons. The van der Waals surface area contributed by atoms with Crippen molar-refractivity contribution in [1.82, 2.24) is 4.98 Å². The minimum Gasteiger partial charge on any atom is -0.289 e. The van der Waals surface area contributed by atoms with Gasteiger partial charge in [0.25, 0.3) is 5.69 Å². The number of nitro groups is 1. The lowest BCUT2D eigenvalue weighted by atomic mass is 10.0. The van der Waals surface area contributed by atoms with Crippen LogP contribution in [-0.4, -0.2) is 15.7 Å². The Labute approximate surface area is 117 Å². The molecule has 0 saturated heterocycles. The zero-order chi connectivity index (χ0) is 14.1.